The Labute approximate surface area is 165 Å². The molecular formula is C23H25NO4. The number of hydrogen-bond donors (Lipinski definition) is 0. The van der Waals surface area contributed by atoms with Crippen LogP contribution in [-0.2, 0) is 0 Å². The maximum absolute atomic E-state index is 12.8. The van der Waals surface area contributed by atoms with Crippen molar-refractivity contribution < 1.29 is 19.1 Å². The normalized spacial score (nSPS) is 17.8. The third kappa shape index (κ3) is 3.49. The van der Waals surface area contributed by atoms with Gasteiger partial charge in [0.2, 0.25) is 0 Å². The zero-order valence-electron chi connectivity index (χ0n) is 16.4. The number of amides is 1. The van der Waals surface area contributed by atoms with Crippen LogP contribution < -0.4 is 9.47 Å². The van der Waals surface area contributed by atoms with Gasteiger partial charge in [-0.25, -0.2) is 0 Å². The molecule has 0 radical (unpaired) electrons. The molecule has 5 heteroatoms. The average Bonchev–Trinajstić information content (AvgIpc) is 2.70. The molecule has 1 amide bonds. The van der Waals surface area contributed by atoms with Crippen molar-refractivity contribution >= 4 is 11.7 Å². The molecule has 2 aromatic rings. The lowest BCUT2D eigenvalue weighted by Crippen LogP contribution is -2.52. The SMILES string of the molecule is CCOc1ccc(C(=O)N2CCC3(CC2)CC(=O)c2cc(C)ccc2O3)cc1. The van der Waals surface area contributed by atoms with E-state index in [-0.39, 0.29) is 11.7 Å². The van der Waals surface area contributed by atoms with Crippen LogP contribution in [0.3, 0.4) is 0 Å². The lowest BCUT2D eigenvalue weighted by molar-refractivity contribution is -0.00572. The Balaban J connectivity index is 1.43. The molecule has 146 valence electrons. The Morgan fingerprint density at radius 1 is 1.14 bits per heavy atom. The number of aryl methyl sites for hydroxylation is 1. The number of fused-ring (bicyclic) bond motifs is 1. The molecule has 0 bridgehead atoms. The van der Waals surface area contributed by atoms with Crippen LogP contribution in [0.1, 0.15) is 52.5 Å². The highest BCUT2D eigenvalue weighted by atomic mass is 16.5. The Morgan fingerprint density at radius 3 is 2.54 bits per heavy atom. The van der Waals surface area contributed by atoms with E-state index < -0.39 is 5.60 Å². The van der Waals surface area contributed by atoms with Crippen LogP contribution in [0.2, 0.25) is 0 Å². The van der Waals surface area contributed by atoms with Gasteiger partial charge in [-0.15, -0.1) is 0 Å². The van der Waals surface area contributed by atoms with Crippen molar-refractivity contribution in [2.24, 2.45) is 0 Å². The average molecular weight is 379 g/mol. The monoisotopic (exact) mass is 379 g/mol. The van der Waals surface area contributed by atoms with Crippen LogP contribution in [0, 0.1) is 6.92 Å². The molecule has 0 aromatic heterocycles. The van der Waals surface area contributed by atoms with Crippen LogP contribution in [0.5, 0.6) is 11.5 Å². The maximum atomic E-state index is 12.8. The van der Waals surface area contributed by atoms with Gasteiger partial charge in [-0.1, -0.05) is 11.6 Å². The van der Waals surface area contributed by atoms with Crippen molar-refractivity contribution in [3.63, 3.8) is 0 Å². The third-order valence-corrected chi connectivity index (χ3v) is 5.62. The molecule has 0 atom stereocenters. The zero-order chi connectivity index (χ0) is 19.7. The van der Waals surface area contributed by atoms with Crippen molar-refractivity contribution in [2.75, 3.05) is 19.7 Å². The van der Waals surface area contributed by atoms with Gasteiger partial charge >= 0.3 is 0 Å². The molecule has 2 heterocycles. The van der Waals surface area contributed by atoms with Crippen LogP contribution in [0.25, 0.3) is 0 Å². The summed E-state index contributed by atoms with van der Waals surface area (Å²) < 4.78 is 11.7. The van der Waals surface area contributed by atoms with Crippen LogP contribution >= 0.6 is 0 Å². The number of piperidine rings is 1. The third-order valence-electron chi connectivity index (χ3n) is 5.62. The number of likely N-dealkylation sites (tertiary alicyclic amines) is 1. The quantitative estimate of drug-likeness (QED) is 0.808. The van der Waals surface area contributed by atoms with E-state index in [1.54, 1.807) is 12.1 Å². The minimum atomic E-state index is -0.491. The molecule has 28 heavy (non-hydrogen) atoms. The highest BCUT2D eigenvalue weighted by molar-refractivity contribution is 6.00. The van der Waals surface area contributed by atoms with E-state index in [1.165, 1.54) is 0 Å². The summed E-state index contributed by atoms with van der Waals surface area (Å²) in [5, 5.41) is 0. The molecular weight excluding hydrogens is 354 g/mol. The molecule has 0 saturated carbocycles. The number of hydrogen-bond acceptors (Lipinski definition) is 4. The second kappa shape index (κ2) is 7.30. The van der Waals surface area contributed by atoms with E-state index >= 15 is 0 Å². The second-order valence-corrected chi connectivity index (χ2v) is 7.63. The van der Waals surface area contributed by atoms with E-state index in [1.807, 2.05) is 49.1 Å². The van der Waals surface area contributed by atoms with Gasteiger partial charge in [0.25, 0.3) is 5.91 Å². The summed E-state index contributed by atoms with van der Waals surface area (Å²) in [5.41, 5.74) is 1.90. The number of Topliss-reactive ketones (excluding diaryl/α,β-unsaturated/α-hetero) is 1. The van der Waals surface area contributed by atoms with Gasteiger partial charge in [-0.05, 0) is 50.2 Å². The minimum absolute atomic E-state index is 0.0102. The van der Waals surface area contributed by atoms with Crippen molar-refractivity contribution in [1.29, 1.82) is 0 Å². The lowest BCUT2D eigenvalue weighted by atomic mass is 9.82. The molecule has 0 unspecified atom stereocenters. The van der Waals surface area contributed by atoms with Gasteiger partial charge in [0.15, 0.2) is 5.78 Å². The first-order chi connectivity index (χ1) is 13.5. The minimum Gasteiger partial charge on any atom is -0.494 e. The fourth-order valence-electron chi connectivity index (χ4n) is 4.05. The Morgan fingerprint density at radius 2 is 1.86 bits per heavy atom. The van der Waals surface area contributed by atoms with E-state index in [2.05, 4.69) is 0 Å². The molecule has 1 fully saturated rings. The molecule has 0 aliphatic carbocycles. The van der Waals surface area contributed by atoms with Crippen molar-refractivity contribution in [3.8, 4) is 11.5 Å². The van der Waals surface area contributed by atoms with Crippen molar-refractivity contribution in [3.05, 3.63) is 59.2 Å². The molecule has 4 rings (SSSR count). The zero-order valence-corrected chi connectivity index (χ0v) is 16.4. The summed E-state index contributed by atoms with van der Waals surface area (Å²) in [6, 6.07) is 13.0. The molecule has 1 spiro atoms. The molecule has 2 aromatic carbocycles. The molecule has 2 aliphatic rings. The van der Waals surface area contributed by atoms with E-state index in [0.29, 0.717) is 55.8 Å². The van der Waals surface area contributed by atoms with Crippen molar-refractivity contribution in [1.82, 2.24) is 4.90 Å². The number of nitrogens with zero attached hydrogens (tertiary/aromatic N) is 1. The number of ketones is 1. The lowest BCUT2D eigenvalue weighted by Gasteiger charge is -2.44. The highest BCUT2D eigenvalue weighted by Gasteiger charge is 2.43. The van der Waals surface area contributed by atoms with Crippen LogP contribution in [0.15, 0.2) is 42.5 Å². The predicted octanol–water partition coefficient (Wildman–Crippen LogP) is 4.03. The van der Waals surface area contributed by atoms with Gasteiger partial charge in [0, 0.05) is 31.5 Å². The van der Waals surface area contributed by atoms with E-state index in [0.717, 1.165) is 11.3 Å². The first kappa shape index (κ1) is 18.5. The maximum Gasteiger partial charge on any atom is 0.253 e. The smallest absolute Gasteiger partial charge is 0.253 e. The second-order valence-electron chi connectivity index (χ2n) is 7.63. The number of rotatable bonds is 3. The first-order valence-electron chi connectivity index (χ1n) is 9.85. The van der Waals surface area contributed by atoms with Gasteiger partial charge < -0.3 is 14.4 Å². The first-order valence-corrected chi connectivity index (χ1v) is 9.85. The van der Waals surface area contributed by atoms with Gasteiger partial charge in [0.1, 0.15) is 17.1 Å². The Bertz CT molecular complexity index is 895. The predicted molar refractivity (Wildman–Crippen MR) is 106 cm³/mol. The van der Waals surface area contributed by atoms with E-state index in [4.69, 9.17) is 9.47 Å². The summed E-state index contributed by atoms with van der Waals surface area (Å²) in [6.45, 7) is 5.67. The topological polar surface area (TPSA) is 55.8 Å². The van der Waals surface area contributed by atoms with E-state index in [9.17, 15) is 9.59 Å². The molecule has 1 saturated heterocycles. The summed E-state index contributed by atoms with van der Waals surface area (Å²) in [4.78, 5) is 27.3. The van der Waals surface area contributed by atoms with Crippen molar-refractivity contribution in [2.45, 2.75) is 38.7 Å². The Kier molecular flexibility index (Phi) is 4.84. The fourth-order valence-corrected chi connectivity index (χ4v) is 4.05. The van der Waals surface area contributed by atoms with Gasteiger partial charge in [-0.2, -0.15) is 0 Å². The van der Waals surface area contributed by atoms with Gasteiger partial charge in [0.05, 0.1) is 18.6 Å². The molecule has 2 aliphatic heterocycles. The van der Waals surface area contributed by atoms with Crippen LogP contribution in [0.4, 0.5) is 0 Å². The standard InChI is InChI=1S/C23H25NO4/c1-3-27-18-7-5-17(6-8-18)22(26)24-12-10-23(11-13-24)15-20(25)19-14-16(2)4-9-21(19)28-23/h4-9,14H,3,10-13,15H2,1-2H3. The number of carbonyl (C=O) groups excluding carboxylic acids is 2. The number of carbonyl (C=O) groups is 2. The Hall–Kier alpha value is -2.82. The molecule has 0 N–H and O–H groups in total. The molecule has 5 nitrogen and oxygen atoms in total. The number of ether oxygens (including phenoxy) is 2. The number of benzene rings is 2. The largest absolute Gasteiger partial charge is 0.494 e. The van der Waals surface area contributed by atoms with Crippen LogP contribution in [-0.4, -0.2) is 41.9 Å². The summed E-state index contributed by atoms with van der Waals surface area (Å²) >= 11 is 0. The summed E-state index contributed by atoms with van der Waals surface area (Å²) in [6.07, 6.45) is 1.71. The summed E-state index contributed by atoms with van der Waals surface area (Å²) in [7, 11) is 0. The summed E-state index contributed by atoms with van der Waals surface area (Å²) in [5.74, 6) is 1.58. The highest BCUT2D eigenvalue weighted by Crippen LogP contribution is 2.39. The fraction of sp³-hybridized carbons (Fsp3) is 0.391. The van der Waals surface area contributed by atoms with Gasteiger partial charge in [-0.3, -0.25) is 9.59 Å².